The molecule has 0 heterocycles. The lowest BCUT2D eigenvalue weighted by Gasteiger charge is -2.21. The lowest BCUT2D eigenvalue weighted by molar-refractivity contribution is -0.758. The van der Waals surface area contributed by atoms with Gasteiger partial charge in [-0.25, -0.2) is 0 Å². The Labute approximate surface area is 235 Å². The number of rotatable bonds is 17. The molecule has 2 aliphatic rings. The highest BCUT2D eigenvalue weighted by Gasteiger charge is 2.45. The van der Waals surface area contributed by atoms with Crippen LogP contribution in [0.1, 0.15) is 57.4 Å². The second-order valence-corrected chi connectivity index (χ2v) is 10.7. The van der Waals surface area contributed by atoms with Crippen molar-refractivity contribution in [3.05, 3.63) is 70.3 Å². The number of amides is 1. The molecule has 1 aromatic carbocycles. The van der Waals surface area contributed by atoms with Crippen molar-refractivity contribution in [1.29, 1.82) is 0 Å². The van der Waals surface area contributed by atoms with E-state index in [1.165, 1.54) is 0 Å². The highest BCUT2D eigenvalue weighted by molar-refractivity contribution is 5.76. The first-order valence-electron chi connectivity index (χ1n) is 14.3. The van der Waals surface area contributed by atoms with Gasteiger partial charge in [-0.3, -0.25) is 9.59 Å². The van der Waals surface area contributed by atoms with E-state index in [2.05, 4.69) is 10.2 Å². The number of hydrogen-bond acceptors (Lipinski definition) is 8. The molecule has 0 spiro atoms. The van der Waals surface area contributed by atoms with E-state index in [4.69, 9.17) is 4.74 Å². The normalized spacial score (nSPS) is 26.6. The van der Waals surface area contributed by atoms with Gasteiger partial charge in [-0.2, -0.15) is 0 Å². The van der Waals surface area contributed by atoms with Crippen LogP contribution in [0.25, 0.3) is 0 Å². The summed E-state index contributed by atoms with van der Waals surface area (Å²) in [5.41, 5.74) is 1.10. The third-order valence-electron chi connectivity index (χ3n) is 7.63. The number of allylic oxidation sites excluding steroid dienone is 2. The topological polar surface area (TPSA) is 148 Å². The second kappa shape index (κ2) is 16.1. The smallest absolute Gasteiger partial charge is 0.309 e. The van der Waals surface area contributed by atoms with E-state index in [0.717, 1.165) is 18.4 Å². The molecule has 10 nitrogen and oxygen atoms in total. The average molecular weight is 559 g/mol. The van der Waals surface area contributed by atoms with Gasteiger partial charge < -0.3 is 25.1 Å². The molecule has 0 radical (unpaired) electrons. The Bertz CT molecular complexity index is 1010. The SMILES string of the molecule is CCNC(=O)CCC/C=C\C[C@@H]1[C@@H](/C=C/[C@H](CCc2ccccc2)OC(=O)C2C[C@@H]2CO[N+](=O)[O-])[C@H](O)C[C@@H]1O. The van der Waals surface area contributed by atoms with Gasteiger partial charge in [0.1, 0.15) is 12.7 Å². The van der Waals surface area contributed by atoms with Crippen LogP contribution in [0.2, 0.25) is 0 Å². The molecular formula is C30H42N2O8. The zero-order valence-electron chi connectivity index (χ0n) is 23.1. The second-order valence-electron chi connectivity index (χ2n) is 10.7. The van der Waals surface area contributed by atoms with Gasteiger partial charge in [0.15, 0.2) is 0 Å². The van der Waals surface area contributed by atoms with Crippen LogP contribution in [0.15, 0.2) is 54.6 Å². The van der Waals surface area contributed by atoms with Crippen LogP contribution in [-0.4, -0.2) is 58.6 Å². The number of hydrogen-bond donors (Lipinski definition) is 3. The van der Waals surface area contributed by atoms with Crippen molar-refractivity contribution < 1.29 is 34.5 Å². The number of esters is 1. The first-order valence-corrected chi connectivity index (χ1v) is 14.3. The van der Waals surface area contributed by atoms with Crippen molar-refractivity contribution in [2.45, 2.75) is 76.6 Å². The van der Waals surface area contributed by atoms with Crippen molar-refractivity contribution in [3.63, 3.8) is 0 Å². The van der Waals surface area contributed by atoms with Crippen LogP contribution >= 0.6 is 0 Å². The number of nitrogens with one attached hydrogen (secondary N) is 1. The maximum Gasteiger partial charge on any atom is 0.309 e. The quantitative estimate of drug-likeness (QED) is 0.0865. The molecule has 10 heteroatoms. The summed E-state index contributed by atoms with van der Waals surface area (Å²) in [6.07, 6.45) is 10.3. The van der Waals surface area contributed by atoms with Crippen LogP contribution in [-0.2, 0) is 25.6 Å². The Balaban J connectivity index is 1.58. The third kappa shape index (κ3) is 10.4. The van der Waals surface area contributed by atoms with E-state index in [-0.39, 0.29) is 36.7 Å². The molecule has 2 saturated carbocycles. The number of benzene rings is 1. The fraction of sp³-hybridized carbons (Fsp3) is 0.600. The third-order valence-corrected chi connectivity index (χ3v) is 7.63. The zero-order chi connectivity index (χ0) is 28.9. The van der Waals surface area contributed by atoms with Crippen LogP contribution < -0.4 is 5.32 Å². The first-order chi connectivity index (χ1) is 19.3. The average Bonchev–Trinajstić information content (AvgIpc) is 3.66. The molecule has 40 heavy (non-hydrogen) atoms. The minimum atomic E-state index is -0.856. The maximum atomic E-state index is 12.8. The highest BCUT2D eigenvalue weighted by atomic mass is 16.9. The molecule has 0 saturated heterocycles. The molecule has 3 N–H and O–H groups in total. The number of ether oxygens (including phenoxy) is 1. The molecule has 3 rings (SSSR count). The molecular weight excluding hydrogens is 516 g/mol. The van der Waals surface area contributed by atoms with Gasteiger partial charge >= 0.3 is 5.97 Å². The molecule has 1 unspecified atom stereocenters. The fourth-order valence-electron chi connectivity index (χ4n) is 5.26. The Kier molecular flexibility index (Phi) is 12.6. The van der Waals surface area contributed by atoms with E-state index in [1.54, 1.807) is 6.08 Å². The summed E-state index contributed by atoms with van der Waals surface area (Å²) in [6.45, 7) is 2.39. The molecule has 0 aliphatic heterocycles. The predicted octanol–water partition coefficient (Wildman–Crippen LogP) is 3.54. The molecule has 2 fully saturated rings. The van der Waals surface area contributed by atoms with Gasteiger partial charge in [0.05, 0.1) is 18.1 Å². The van der Waals surface area contributed by atoms with Crippen molar-refractivity contribution in [2.75, 3.05) is 13.2 Å². The fourth-order valence-corrected chi connectivity index (χ4v) is 5.26. The number of nitrogens with zero attached hydrogens (tertiary/aromatic N) is 1. The van der Waals surface area contributed by atoms with Gasteiger partial charge in [0.2, 0.25) is 5.91 Å². The number of aryl methyl sites for hydroxylation is 1. The van der Waals surface area contributed by atoms with Crippen LogP contribution in [0, 0.1) is 33.8 Å². The Morgan fingerprint density at radius 1 is 1.18 bits per heavy atom. The maximum absolute atomic E-state index is 12.8. The van der Waals surface area contributed by atoms with Crippen molar-refractivity contribution >= 4 is 11.9 Å². The zero-order valence-corrected chi connectivity index (χ0v) is 23.1. The predicted molar refractivity (Wildman–Crippen MR) is 148 cm³/mol. The summed E-state index contributed by atoms with van der Waals surface area (Å²) in [7, 11) is 0. The standard InChI is InChI=1S/C30H42N2O8/c1-2-31-29(35)13-9-4-3-8-12-24-25(28(34)19-27(24)33)17-16-23(15-14-21-10-6-5-7-11-21)40-30(36)26-18-22(26)20-39-32(37)38/h3,5-8,10-11,16-17,22-28,33-34H,2,4,9,12-15,18-20H2,1H3,(H,31,35)/b8-3-,17-16+/t22-,23+,24-,25-,26?,27+,28-/m1/s1. The van der Waals surface area contributed by atoms with E-state index >= 15 is 0 Å². The number of unbranched alkanes of at least 4 members (excludes halogenated alkanes) is 1. The van der Waals surface area contributed by atoms with E-state index in [1.807, 2.05) is 55.5 Å². The molecule has 0 aromatic heterocycles. The first kappa shape index (κ1) is 31.3. The lowest BCUT2D eigenvalue weighted by Crippen LogP contribution is -2.22. The molecule has 7 atom stereocenters. The van der Waals surface area contributed by atoms with E-state index in [0.29, 0.717) is 38.6 Å². The van der Waals surface area contributed by atoms with Gasteiger partial charge in [-0.05, 0) is 68.9 Å². The van der Waals surface area contributed by atoms with Crippen LogP contribution in [0.4, 0.5) is 0 Å². The Hall–Kier alpha value is -3.24. The summed E-state index contributed by atoms with van der Waals surface area (Å²) in [5, 5.41) is 33.6. The summed E-state index contributed by atoms with van der Waals surface area (Å²) >= 11 is 0. The lowest BCUT2D eigenvalue weighted by atomic mass is 9.89. The monoisotopic (exact) mass is 558 g/mol. The summed E-state index contributed by atoms with van der Waals surface area (Å²) in [4.78, 5) is 39.2. The number of aliphatic hydroxyl groups excluding tert-OH is 2. The summed E-state index contributed by atoms with van der Waals surface area (Å²) < 4.78 is 5.81. The minimum Gasteiger partial charge on any atom is -0.458 e. The summed E-state index contributed by atoms with van der Waals surface area (Å²) in [5.74, 6) is -1.48. The van der Waals surface area contributed by atoms with Gasteiger partial charge in [-0.15, -0.1) is 10.1 Å². The molecule has 1 aromatic rings. The number of carbonyl (C=O) groups is 2. The van der Waals surface area contributed by atoms with Crippen molar-refractivity contribution in [2.24, 2.45) is 23.7 Å². The van der Waals surface area contributed by atoms with Crippen molar-refractivity contribution in [3.8, 4) is 0 Å². The number of carbonyl (C=O) groups excluding carboxylic acids is 2. The van der Waals surface area contributed by atoms with Gasteiger partial charge in [0, 0.05) is 25.3 Å². The van der Waals surface area contributed by atoms with E-state index in [9.17, 15) is 29.9 Å². The molecule has 0 bridgehead atoms. The van der Waals surface area contributed by atoms with E-state index < -0.39 is 35.3 Å². The van der Waals surface area contributed by atoms with Gasteiger partial charge in [0.25, 0.3) is 5.09 Å². The summed E-state index contributed by atoms with van der Waals surface area (Å²) in [6, 6.07) is 9.84. The molecule has 220 valence electrons. The number of aliphatic hydroxyl groups is 2. The van der Waals surface area contributed by atoms with Crippen LogP contribution in [0.5, 0.6) is 0 Å². The minimum absolute atomic E-state index is 0.0417. The molecule has 1 amide bonds. The molecule has 2 aliphatic carbocycles. The van der Waals surface area contributed by atoms with Gasteiger partial charge in [-0.1, -0.05) is 48.6 Å². The Morgan fingerprint density at radius 3 is 2.67 bits per heavy atom. The largest absolute Gasteiger partial charge is 0.458 e. The highest BCUT2D eigenvalue weighted by Crippen LogP contribution is 2.40. The van der Waals surface area contributed by atoms with Crippen molar-refractivity contribution in [1.82, 2.24) is 5.32 Å². The van der Waals surface area contributed by atoms with Crippen LogP contribution in [0.3, 0.4) is 0 Å². The Morgan fingerprint density at radius 2 is 1.95 bits per heavy atom.